The Morgan fingerprint density at radius 2 is 2.20 bits per heavy atom. The monoisotopic (exact) mass is 317 g/mol. The molecule has 0 aliphatic rings. The van der Waals surface area contributed by atoms with Crippen molar-refractivity contribution in [3.8, 4) is 5.75 Å². The smallest absolute Gasteiger partial charge is 0.387 e. The average Bonchev–Trinajstić information content (AvgIpc) is 2.74. The van der Waals surface area contributed by atoms with Crippen molar-refractivity contribution in [1.29, 1.82) is 0 Å². The molecule has 3 nitrogen and oxygen atoms in total. The summed E-state index contributed by atoms with van der Waals surface area (Å²) in [4.78, 5) is 4.25. The Kier molecular flexibility index (Phi) is 5.19. The second kappa shape index (κ2) is 6.90. The standard InChI is InChI=1S/C13H13F2NO2S2/c1-9-16-11(6-19-9)8-20(17)7-10-3-2-4-12(5-10)18-13(14)15/h2-6,13H,7-8H2,1H3. The third kappa shape index (κ3) is 4.64. The molecule has 20 heavy (non-hydrogen) atoms. The SMILES string of the molecule is Cc1nc(CS(=O)Cc2cccc(OC(F)F)c2)cs1. The first-order valence-electron chi connectivity index (χ1n) is 5.82. The number of thiazole rings is 1. The van der Waals surface area contributed by atoms with Gasteiger partial charge in [-0.3, -0.25) is 4.21 Å². The molecule has 7 heteroatoms. The Hall–Kier alpha value is -1.34. The summed E-state index contributed by atoms with van der Waals surface area (Å²) in [6, 6.07) is 6.28. The van der Waals surface area contributed by atoms with Gasteiger partial charge in [0.25, 0.3) is 0 Å². The molecule has 2 aromatic rings. The third-order valence-corrected chi connectivity index (χ3v) is 4.52. The summed E-state index contributed by atoms with van der Waals surface area (Å²) in [5.41, 5.74) is 1.50. The van der Waals surface area contributed by atoms with E-state index >= 15 is 0 Å². The van der Waals surface area contributed by atoms with E-state index in [0.29, 0.717) is 11.3 Å². The van der Waals surface area contributed by atoms with E-state index in [1.807, 2.05) is 12.3 Å². The maximum atomic E-state index is 12.1. The molecule has 1 heterocycles. The minimum Gasteiger partial charge on any atom is -0.435 e. The number of rotatable bonds is 6. The maximum absolute atomic E-state index is 12.1. The maximum Gasteiger partial charge on any atom is 0.387 e. The van der Waals surface area contributed by atoms with Gasteiger partial charge >= 0.3 is 6.61 Å². The Morgan fingerprint density at radius 1 is 1.40 bits per heavy atom. The molecule has 108 valence electrons. The summed E-state index contributed by atoms with van der Waals surface area (Å²) in [5, 5.41) is 2.81. The molecule has 0 saturated heterocycles. The molecule has 0 bridgehead atoms. The van der Waals surface area contributed by atoms with Crippen LogP contribution in [0.25, 0.3) is 0 Å². The number of hydrogen-bond donors (Lipinski definition) is 0. The third-order valence-electron chi connectivity index (χ3n) is 2.43. The minimum absolute atomic E-state index is 0.0824. The Morgan fingerprint density at radius 3 is 2.85 bits per heavy atom. The van der Waals surface area contributed by atoms with Crippen molar-refractivity contribution in [3.63, 3.8) is 0 Å². The Labute approximate surface area is 122 Å². The average molecular weight is 317 g/mol. The highest BCUT2D eigenvalue weighted by molar-refractivity contribution is 7.83. The number of halogens is 2. The van der Waals surface area contributed by atoms with E-state index in [0.717, 1.165) is 10.7 Å². The molecule has 0 aliphatic heterocycles. The molecule has 0 saturated carbocycles. The van der Waals surface area contributed by atoms with Gasteiger partial charge in [-0.15, -0.1) is 11.3 Å². The number of ether oxygens (including phenoxy) is 1. The first kappa shape index (κ1) is 15.1. The van der Waals surface area contributed by atoms with Crippen molar-refractivity contribution in [1.82, 2.24) is 4.98 Å². The molecule has 0 fully saturated rings. The topological polar surface area (TPSA) is 39.2 Å². The summed E-state index contributed by atoms with van der Waals surface area (Å²) in [6.45, 7) is -0.962. The van der Waals surface area contributed by atoms with Crippen LogP contribution in [-0.4, -0.2) is 15.8 Å². The van der Waals surface area contributed by atoms with Crippen molar-refractivity contribution in [2.24, 2.45) is 0 Å². The second-order valence-corrected chi connectivity index (χ2v) is 6.63. The van der Waals surface area contributed by atoms with E-state index in [1.165, 1.54) is 23.5 Å². The van der Waals surface area contributed by atoms with Crippen LogP contribution < -0.4 is 4.74 Å². The highest BCUT2D eigenvalue weighted by atomic mass is 32.2. The fourth-order valence-corrected chi connectivity index (χ4v) is 3.54. The van der Waals surface area contributed by atoms with Crippen LogP contribution in [0.5, 0.6) is 5.75 Å². The molecule has 0 amide bonds. The molecule has 1 unspecified atom stereocenters. The zero-order valence-electron chi connectivity index (χ0n) is 10.7. The second-order valence-electron chi connectivity index (χ2n) is 4.11. The van der Waals surface area contributed by atoms with Crippen LogP contribution in [0.4, 0.5) is 8.78 Å². The summed E-state index contributed by atoms with van der Waals surface area (Å²) in [6.07, 6.45) is 0. The van der Waals surface area contributed by atoms with Gasteiger partial charge in [0.05, 0.1) is 16.5 Å². The van der Waals surface area contributed by atoms with Gasteiger partial charge in [-0.1, -0.05) is 12.1 Å². The number of aryl methyl sites for hydroxylation is 1. The van der Waals surface area contributed by atoms with E-state index in [1.54, 1.807) is 12.1 Å². The van der Waals surface area contributed by atoms with E-state index in [2.05, 4.69) is 9.72 Å². The van der Waals surface area contributed by atoms with Gasteiger partial charge in [-0.25, -0.2) is 4.98 Å². The molecule has 1 aromatic carbocycles. The quantitative estimate of drug-likeness (QED) is 0.818. The molecule has 1 aromatic heterocycles. The van der Waals surface area contributed by atoms with Crippen LogP contribution in [0.15, 0.2) is 29.6 Å². The number of benzene rings is 1. The lowest BCUT2D eigenvalue weighted by Crippen LogP contribution is -2.03. The van der Waals surface area contributed by atoms with Crippen molar-refractivity contribution in [3.05, 3.63) is 45.9 Å². The lowest BCUT2D eigenvalue weighted by Gasteiger charge is -2.06. The van der Waals surface area contributed by atoms with Crippen LogP contribution in [0.1, 0.15) is 16.3 Å². The molecule has 2 rings (SSSR count). The summed E-state index contributed by atoms with van der Waals surface area (Å²) >= 11 is 1.51. The van der Waals surface area contributed by atoms with Crippen LogP contribution >= 0.6 is 11.3 Å². The highest BCUT2D eigenvalue weighted by Gasteiger charge is 2.08. The minimum atomic E-state index is -2.85. The predicted octanol–water partition coefficient (Wildman–Crippen LogP) is 3.50. The van der Waals surface area contributed by atoms with Gasteiger partial charge in [0.1, 0.15) is 5.75 Å². The first-order chi connectivity index (χ1) is 9.52. The summed E-state index contributed by atoms with van der Waals surface area (Å²) in [7, 11) is -1.13. The molecular weight excluding hydrogens is 304 g/mol. The largest absolute Gasteiger partial charge is 0.435 e. The molecule has 1 atom stereocenters. The van der Waals surface area contributed by atoms with Gasteiger partial charge in [-0.05, 0) is 24.6 Å². The number of alkyl halides is 2. The fraction of sp³-hybridized carbons (Fsp3) is 0.308. The lowest BCUT2D eigenvalue weighted by atomic mass is 10.2. The lowest BCUT2D eigenvalue weighted by molar-refractivity contribution is -0.0498. The molecular formula is C13H13F2NO2S2. The van der Waals surface area contributed by atoms with Gasteiger partial charge in [0.2, 0.25) is 0 Å². The van der Waals surface area contributed by atoms with Gasteiger partial charge < -0.3 is 4.74 Å². The van der Waals surface area contributed by atoms with Crippen LogP contribution in [0, 0.1) is 6.92 Å². The van der Waals surface area contributed by atoms with Gasteiger partial charge in [0.15, 0.2) is 0 Å². The van der Waals surface area contributed by atoms with Crippen molar-refractivity contribution in [2.75, 3.05) is 0 Å². The van der Waals surface area contributed by atoms with E-state index in [9.17, 15) is 13.0 Å². The van der Waals surface area contributed by atoms with E-state index in [-0.39, 0.29) is 11.5 Å². The van der Waals surface area contributed by atoms with E-state index < -0.39 is 17.4 Å². The Bertz CT molecular complexity index is 602. The van der Waals surface area contributed by atoms with Crippen LogP contribution in [-0.2, 0) is 22.3 Å². The van der Waals surface area contributed by atoms with Crippen molar-refractivity contribution in [2.45, 2.75) is 25.0 Å². The number of aromatic nitrogens is 1. The van der Waals surface area contributed by atoms with Crippen molar-refractivity contribution < 1.29 is 17.7 Å². The van der Waals surface area contributed by atoms with E-state index in [4.69, 9.17) is 0 Å². The number of hydrogen-bond acceptors (Lipinski definition) is 4. The zero-order chi connectivity index (χ0) is 14.5. The van der Waals surface area contributed by atoms with Crippen LogP contribution in [0.2, 0.25) is 0 Å². The van der Waals surface area contributed by atoms with Gasteiger partial charge in [-0.2, -0.15) is 8.78 Å². The normalized spacial score (nSPS) is 12.6. The zero-order valence-corrected chi connectivity index (χ0v) is 12.3. The number of nitrogens with zero attached hydrogens (tertiary/aromatic N) is 1. The molecule has 0 radical (unpaired) electrons. The summed E-state index contributed by atoms with van der Waals surface area (Å²) in [5.74, 6) is 0.736. The fourth-order valence-electron chi connectivity index (χ4n) is 1.69. The molecule has 0 aliphatic carbocycles. The Balaban J connectivity index is 1.97. The first-order valence-corrected chi connectivity index (χ1v) is 8.19. The van der Waals surface area contributed by atoms with Crippen LogP contribution in [0.3, 0.4) is 0 Å². The molecule has 0 N–H and O–H groups in total. The predicted molar refractivity (Wildman–Crippen MR) is 75.5 cm³/mol. The van der Waals surface area contributed by atoms with Gasteiger partial charge in [0, 0.05) is 21.9 Å². The van der Waals surface area contributed by atoms with Crippen molar-refractivity contribution >= 4 is 22.1 Å². The highest BCUT2D eigenvalue weighted by Crippen LogP contribution is 2.18. The summed E-state index contributed by atoms with van der Waals surface area (Å²) < 4.78 is 40.6. The molecule has 0 spiro atoms.